The number of benzene rings is 1. The van der Waals surface area contributed by atoms with E-state index in [0.29, 0.717) is 18.8 Å². The molecule has 6 nitrogen and oxygen atoms in total. The molecule has 0 aliphatic rings. The normalized spacial score (nSPS) is 13.7. The molecule has 106 valence electrons. The van der Waals surface area contributed by atoms with Gasteiger partial charge in [0.1, 0.15) is 12.2 Å². The summed E-state index contributed by atoms with van der Waals surface area (Å²) in [5, 5.41) is 9.41. The number of carbonyl (C=O) groups is 1. The number of carbonyl (C=O) groups excluding carboxylic acids is 1. The van der Waals surface area contributed by atoms with E-state index in [-0.39, 0.29) is 17.9 Å². The van der Waals surface area contributed by atoms with E-state index in [9.17, 15) is 4.79 Å². The Labute approximate surface area is 117 Å². The van der Waals surface area contributed by atoms with Crippen LogP contribution in [0.1, 0.15) is 24.4 Å². The maximum Gasteiger partial charge on any atom is 0.225 e. The van der Waals surface area contributed by atoms with Crippen LogP contribution in [0.15, 0.2) is 36.7 Å². The average Bonchev–Trinajstić information content (AvgIpc) is 3.00. The van der Waals surface area contributed by atoms with Gasteiger partial charge in [-0.3, -0.25) is 9.89 Å². The Balaban J connectivity index is 1.95. The van der Waals surface area contributed by atoms with E-state index in [1.807, 2.05) is 37.3 Å². The van der Waals surface area contributed by atoms with Gasteiger partial charge in [-0.1, -0.05) is 30.3 Å². The van der Waals surface area contributed by atoms with Gasteiger partial charge in [-0.25, -0.2) is 4.98 Å². The maximum absolute atomic E-state index is 12.2. The van der Waals surface area contributed by atoms with Gasteiger partial charge in [-0.15, -0.1) is 0 Å². The first-order chi connectivity index (χ1) is 9.70. The van der Waals surface area contributed by atoms with E-state index in [1.54, 1.807) is 0 Å². The summed E-state index contributed by atoms with van der Waals surface area (Å²) in [5.41, 5.74) is 6.82. The zero-order chi connectivity index (χ0) is 14.4. The fourth-order valence-electron chi connectivity index (χ4n) is 2.00. The SMILES string of the molecule is CC(NC(=O)C(CN)Cc1ccccc1)c1ncn[nH]1. The van der Waals surface area contributed by atoms with Crippen LogP contribution in [-0.2, 0) is 11.2 Å². The number of aromatic nitrogens is 3. The minimum absolute atomic E-state index is 0.0692. The lowest BCUT2D eigenvalue weighted by atomic mass is 9.98. The zero-order valence-corrected chi connectivity index (χ0v) is 11.4. The summed E-state index contributed by atoms with van der Waals surface area (Å²) >= 11 is 0. The highest BCUT2D eigenvalue weighted by Gasteiger charge is 2.20. The summed E-state index contributed by atoms with van der Waals surface area (Å²) in [6, 6.07) is 9.64. The van der Waals surface area contributed by atoms with Crippen LogP contribution in [0.4, 0.5) is 0 Å². The Bertz CT molecular complexity index is 526. The molecule has 2 unspecified atom stereocenters. The molecule has 2 rings (SSSR count). The molecule has 1 heterocycles. The minimum atomic E-state index is -0.247. The van der Waals surface area contributed by atoms with Crippen molar-refractivity contribution in [1.82, 2.24) is 20.5 Å². The van der Waals surface area contributed by atoms with Gasteiger partial charge in [-0.2, -0.15) is 5.10 Å². The fourth-order valence-corrected chi connectivity index (χ4v) is 2.00. The van der Waals surface area contributed by atoms with E-state index in [4.69, 9.17) is 5.73 Å². The molecule has 20 heavy (non-hydrogen) atoms. The van der Waals surface area contributed by atoms with Gasteiger partial charge >= 0.3 is 0 Å². The summed E-state index contributed by atoms with van der Waals surface area (Å²) in [6.45, 7) is 2.17. The molecule has 0 fully saturated rings. The lowest BCUT2D eigenvalue weighted by Gasteiger charge is -2.18. The number of nitrogens with zero attached hydrogens (tertiary/aromatic N) is 2. The summed E-state index contributed by atoms with van der Waals surface area (Å²) < 4.78 is 0. The van der Waals surface area contributed by atoms with Crippen LogP contribution in [0, 0.1) is 5.92 Å². The van der Waals surface area contributed by atoms with Crippen molar-refractivity contribution in [2.24, 2.45) is 11.7 Å². The molecule has 0 aliphatic heterocycles. The minimum Gasteiger partial charge on any atom is -0.346 e. The molecule has 2 atom stereocenters. The Morgan fingerprint density at radius 3 is 2.75 bits per heavy atom. The van der Waals surface area contributed by atoms with E-state index in [2.05, 4.69) is 20.5 Å². The second-order valence-corrected chi connectivity index (χ2v) is 4.72. The van der Waals surface area contributed by atoms with E-state index < -0.39 is 0 Å². The number of nitrogens with two attached hydrogens (primary N) is 1. The van der Waals surface area contributed by atoms with Crippen molar-refractivity contribution in [3.8, 4) is 0 Å². The third-order valence-electron chi connectivity index (χ3n) is 3.18. The third-order valence-corrected chi connectivity index (χ3v) is 3.18. The predicted octanol–water partition coefficient (Wildman–Crippen LogP) is 0.799. The van der Waals surface area contributed by atoms with Crippen molar-refractivity contribution in [3.05, 3.63) is 48.0 Å². The summed E-state index contributed by atoms with van der Waals surface area (Å²) in [4.78, 5) is 16.3. The van der Waals surface area contributed by atoms with Gasteiger partial charge in [0.05, 0.1) is 12.0 Å². The molecule has 0 aliphatic carbocycles. The molecule has 1 aromatic heterocycles. The van der Waals surface area contributed by atoms with Gasteiger partial charge in [0.25, 0.3) is 0 Å². The van der Waals surface area contributed by atoms with Crippen LogP contribution < -0.4 is 11.1 Å². The van der Waals surface area contributed by atoms with Crippen molar-refractivity contribution < 1.29 is 4.79 Å². The van der Waals surface area contributed by atoms with Crippen LogP contribution in [-0.4, -0.2) is 27.6 Å². The highest BCUT2D eigenvalue weighted by Crippen LogP contribution is 2.11. The van der Waals surface area contributed by atoms with Gasteiger partial charge in [0.15, 0.2) is 0 Å². The van der Waals surface area contributed by atoms with Crippen LogP contribution in [0.25, 0.3) is 0 Å². The summed E-state index contributed by atoms with van der Waals surface area (Å²) in [7, 11) is 0. The fraction of sp³-hybridized carbons (Fsp3) is 0.357. The smallest absolute Gasteiger partial charge is 0.225 e. The second kappa shape index (κ2) is 6.81. The highest BCUT2D eigenvalue weighted by atomic mass is 16.2. The first-order valence-corrected chi connectivity index (χ1v) is 6.60. The summed E-state index contributed by atoms with van der Waals surface area (Å²) in [6.07, 6.45) is 2.05. The molecule has 1 amide bonds. The van der Waals surface area contributed by atoms with Crippen molar-refractivity contribution in [3.63, 3.8) is 0 Å². The average molecular weight is 273 g/mol. The van der Waals surface area contributed by atoms with Gasteiger partial charge in [0.2, 0.25) is 5.91 Å². The first-order valence-electron chi connectivity index (χ1n) is 6.60. The second-order valence-electron chi connectivity index (χ2n) is 4.72. The Kier molecular flexibility index (Phi) is 4.84. The van der Waals surface area contributed by atoms with Crippen LogP contribution in [0.2, 0.25) is 0 Å². The van der Waals surface area contributed by atoms with Gasteiger partial charge in [-0.05, 0) is 18.9 Å². The Morgan fingerprint density at radius 2 is 2.15 bits per heavy atom. The van der Waals surface area contributed by atoms with E-state index in [0.717, 1.165) is 5.56 Å². The molecule has 0 saturated carbocycles. The molecular formula is C14H19N5O. The standard InChI is InChI=1S/C14H19N5O/c1-10(13-16-9-17-19-13)18-14(20)12(8-15)7-11-5-3-2-4-6-11/h2-6,9-10,12H,7-8,15H2,1H3,(H,18,20)(H,16,17,19). The van der Waals surface area contributed by atoms with E-state index in [1.165, 1.54) is 6.33 Å². The quantitative estimate of drug-likeness (QED) is 0.725. The highest BCUT2D eigenvalue weighted by molar-refractivity contribution is 5.79. The van der Waals surface area contributed by atoms with E-state index >= 15 is 0 Å². The lowest BCUT2D eigenvalue weighted by Crippen LogP contribution is -2.38. The van der Waals surface area contributed by atoms with Crippen LogP contribution >= 0.6 is 0 Å². The monoisotopic (exact) mass is 273 g/mol. The number of nitrogens with one attached hydrogen (secondary N) is 2. The van der Waals surface area contributed by atoms with Crippen molar-refractivity contribution >= 4 is 5.91 Å². The molecule has 0 spiro atoms. The molecule has 2 aromatic rings. The molecule has 6 heteroatoms. The Morgan fingerprint density at radius 1 is 1.40 bits per heavy atom. The molecule has 1 aromatic carbocycles. The zero-order valence-electron chi connectivity index (χ0n) is 11.4. The third kappa shape index (κ3) is 3.64. The Hall–Kier alpha value is -2.21. The molecule has 0 saturated heterocycles. The van der Waals surface area contributed by atoms with Crippen LogP contribution in [0.3, 0.4) is 0 Å². The number of H-pyrrole nitrogens is 1. The molecular weight excluding hydrogens is 254 g/mol. The maximum atomic E-state index is 12.2. The number of aromatic amines is 1. The predicted molar refractivity (Wildman–Crippen MR) is 75.6 cm³/mol. The number of amides is 1. The van der Waals surface area contributed by atoms with Crippen LogP contribution in [0.5, 0.6) is 0 Å². The first kappa shape index (κ1) is 14.2. The number of rotatable bonds is 6. The lowest BCUT2D eigenvalue weighted by molar-refractivity contribution is -0.125. The largest absolute Gasteiger partial charge is 0.346 e. The number of hydrogen-bond donors (Lipinski definition) is 3. The van der Waals surface area contributed by atoms with Gasteiger partial charge in [0, 0.05) is 6.54 Å². The molecule has 0 radical (unpaired) electrons. The molecule has 4 N–H and O–H groups in total. The van der Waals surface area contributed by atoms with Crippen molar-refractivity contribution in [2.45, 2.75) is 19.4 Å². The van der Waals surface area contributed by atoms with Gasteiger partial charge < -0.3 is 11.1 Å². The summed E-state index contributed by atoms with van der Waals surface area (Å²) in [5.74, 6) is 0.317. The number of hydrogen-bond acceptors (Lipinski definition) is 4. The topological polar surface area (TPSA) is 96.7 Å². The van der Waals surface area contributed by atoms with Crippen molar-refractivity contribution in [2.75, 3.05) is 6.54 Å². The molecule has 0 bridgehead atoms. The van der Waals surface area contributed by atoms with Crippen molar-refractivity contribution in [1.29, 1.82) is 0 Å².